The Morgan fingerprint density at radius 3 is 2.53 bits per heavy atom. The molecule has 0 aliphatic rings. The molecular formula is C14H21NO2. The summed E-state index contributed by atoms with van der Waals surface area (Å²) in [5.74, 6) is -0.137. The summed E-state index contributed by atoms with van der Waals surface area (Å²) in [6.07, 6.45) is 0.611. The number of hydrogen-bond acceptors (Lipinski definition) is 2. The molecule has 3 nitrogen and oxygen atoms in total. The van der Waals surface area contributed by atoms with E-state index >= 15 is 0 Å². The first-order chi connectivity index (χ1) is 7.85. The molecule has 0 heterocycles. The number of nitrogens with one attached hydrogen (secondary N) is 1. The molecule has 3 heteroatoms. The van der Waals surface area contributed by atoms with Crippen LogP contribution in [0.5, 0.6) is 0 Å². The lowest BCUT2D eigenvalue weighted by atomic mass is 10.0. The number of carbonyl (C=O) groups excluding carboxylic acids is 1. The molecule has 0 fully saturated rings. The van der Waals surface area contributed by atoms with Crippen LogP contribution in [-0.4, -0.2) is 23.2 Å². The van der Waals surface area contributed by atoms with Crippen LogP contribution in [0, 0.1) is 13.8 Å². The highest BCUT2D eigenvalue weighted by Crippen LogP contribution is 2.11. The minimum absolute atomic E-state index is 0.137. The van der Waals surface area contributed by atoms with Gasteiger partial charge in [0, 0.05) is 12.1 Å². The van der Waals surface area contributed by atoms with E-state index in [1.54, 1.807) is 13.0 Å². The summed E-state index contributed by atoms with van der Waals surface area (Å²) in [7, 11) is 0. The first kappa shape index (κ1) is 13.7. The van der Waals surface area contributed by atoms with Crippen molar-refractivity contribution in [3.8, 4) is 0 Å². The van der Waals surface area contributed by atoms with Crippen molar-refractivity contribution >= 4 is 5.91 Å². The van der Waals surface area contributed by atoms with Gasteiger partial charge < -0.3 is 10.4 Å². The molecule has 17 heavy (non-hydrogen) atoms. The maximum absolute atomic E-state index is 11.8. The fourth-order valence-corrected chi connectivity index (χ4v) is 1.38. The van der Waals surface area contributed by atoms with E-state index in [1.807, 2.05) is 32.9 Å². The van der Waals surface area contributed by atoms with Crippen LogP contribution in [0.2, 0.25) is 0 Å². The Morgan fingerprint density at radius 1 is 1.35 bits per heavy atom. The molecule has 2 N–H and O–H groups in total. The minimum atomic E-state index is -0.838. The summed E-state index contributed by atoms with van der Waals surface area (Å²) in [6.45, 7) is 7.87. The van der Waals surface area contributed by atoms with Crippen LogP contribution in [0.3, 0.4) is 0 Å². The van der Waals surface area contributed by atoms with Gasteiger partial charge in [0.05, 0.1) is 5.60 Å². The standard InChI is InChI=1S/C14H21NO2/c1-5-14(4,17)9-15-13(16)12-7-6-10(2)11(3)8-12/h6-8,17H,5,9H2,1-4H3,(H,15,16). The summed E-state index contributed by atoms with van der Waals surface area (Å²) in [5.41, 5.74) is 2.07. The van der Waals surface area contributed by atoms with E-state index in [0.717, 1.165) is 5.56 Å². The summed E-state index contributed by atoms with van der Waals surface area (Å²) in [4.78, 5) is 11.8. The lowest BCUT2D eigenvalue weighted by Crippen LogP contribution is -2.40. The van der Waals surface area contributed by atoms with Crippen molar-refractivity contribution in [1.82, 2.24) is 5.32 Å². The molecule has 0 radical (unpaired) electrons. The van der Waals surface area contributed by atoms with Gasteiger partial charge in [-0.15, -0.1) is 0 Å². The van der Waals surface area contributed by atoms with Crippen LogP contribution in [0.4, 0.5) is 0 Å². The van der Waals surface area contributed by atoms with Crippen LogP contribution in [0.1, 0.15) is 41.8 Å². The summed E-state index contributed by atoms with van der Waals surface area (Å²) in [6, 6.07) is 5.60. The zero-order valence-electron chi connectivity index (χ0n) is 11.0. The second-order valence-electron chi connectivity index (χ2n) is 4.83. The van der Waals surface area contributed by atoms with Crippen LogP contribution >= 0.6 is 0 Å². The Kier molecular flexibility index (Phi) is 4.29. The molecule has 1 unspecified atom stereocenters. The minimum Gasteiger partial charge on any atom is -0.388 e. The molecule has 1 aromatic rings. The van der Waals surface area contributed by atoms with Crippen molar-refractivity contribution in [3.63, 3.8) is 0 Å². The Labute approximate surface area is 103 Å². The van der Waals surface area contributed by atoms with Crippen molar-refractivity contribution in [1.29, 1.82) is 0 Å². The lowest BCUT2D eigenvalue weighted by molar-refractivity contribution is 0.0518. The molecule has 0 bridgehead atoms. The smallest absolute Gasteiger partial charge is 0.251 e. The van der Waals surface area contributed by atoms with E-state index in [9.17, 15) is 9.90 Å². The van der Waals surface area contributed by atoms with Crippen molar-refractivity contribution in [2.45, 2.75) is 39.7 Å². The summed E-state index contributed by atoms with van der Waals surface area (Å²) >= 11 is 0. The monoisotopic (exact) mass is 235 g/mol. The summed E-state index contributed by atoms with van der Waals surface area (Å²) in [5, 5.41) is 12.6. The van der Waals surface area contributed by atoms with E-state index in [1.165, 1.54) is 5.56 Å². The van der Waals surface area contributed by atoms with Gasteiger partial charge in [0.1, 0.15) is 0 Å². The number of aliphatic hydroxyl groups is 1. The number of amides is 1. The van der Waals surface area contributed by atoms with Crippen molar-refractivity contribution in [3.05, 3.63) is 34.9 Å². The van der Waals surface area contributed by atoms with Crippen LogP contribution in [0.15, 0.2) is 18.2 Å². The number of benzene rings is 1. The van der Waals surface area contributed by atoms with Gasteiger partial charge in [-0.25, -0.2) is 0 Å². The predicted molar refractivity (Wildman–Crippen MR) is 69.2 cm³/mol. The number of hydrogen-bond donors (Lipinski definition) is 2. The first-order valence-electron chi connectivity index (χ1n) is 5.93. The average molecular weight is 235 g/mol. The quantitative estimate of drug-likeness (QED) is 0.840. The van der Waals surface area contributed by atoms with Gasteiger partial charge in [-0.3, -0.25) is 4.79 Å². The third kappa shape index (κ3) is 3.86. The average Bonchev–Trinajstić information content (AvgIpc) is 2.30. The topological polar surface area (TPSA) is 49.3 Å². The van der Waals surface area contributed by atoms with E-state index < -0.39 is 5.60 Å². The highest BCUT2D eigenvalue weighted by atomic mass is 16.3. The molecule has 1 rings (SSSR count). The molecule has 1 amide bonds. The van der Waals surface area contributed by atoms with E-state index in [-0.39, 0.29) is 12.5 Å². The van der Waals surface area contributed by atoms with Crippen molar-refractivity contribution < 1.29 is 9.90 Å². The molecule has 0 aliphatic carbocycles. The normalized spacial score (nSPS) is 14.2. The second kappa shape index (κ2) is 5.32. The first-order valence-corrected chi connectivity index (χ1v) is 5.93. The molecule has 1 aromatic carbocycles. The van der Waals surface area contributed by atoms with E-state index in [2.05, 4.69) is 5.32 Å². The highest BCUT2D eigenvalue weighted by Gasteiger charge is 2.18. The van der Waals surface area contributed by atoms with Crippen LogP contribution in [-0.2, 0) is 0 Å². The van der Waals surface area contributed by atoms with Crippen LogP contribution in [0.25, 0.3) is 0 Å². The Bertz CT molecular complexity index is 411. The van der Waals surface area contributed by atoms with Gasteiger partial charge in [0.15, 0.2) is 0 Å². The van der Waals surface area contributed by atoms with E-state index in [4.69, 9.17) is 0 Å². The zero-order valence-corrected chi connectivity index (χ0v) is 11.0. The Morgan fingerprint density at radius 2 is 2.00 bits per heavy atom. The van der Waals surface area contributed by atoms with Crippen molar-refractivity contribution in [2.75, 3.05) is 6.54 Å². The number of aryl methyl sites for hydroxylation is 2. The number of rotatable bonds is 4. The molecule has 0 saturated heterocycles. The van der Waals surface area contributed by atoms with Gasteiger partial charge >= 0.3 is 0 Å². The SMILES string of the molecule is CCC(C)(O)CNC(=O)c1ccc(C)c(C)c1. The highest BCUT2D eigenvalue weighted by molar-refractivity contribution is 5.94. The number of carbonyl (C=O) groups is 1. The molecule has 0 spiro atoms. The molecule has 0 aromatic heterocycles. The largest absolute Gasteiger partial charge is 0.388 e. The maximum Gasteiger partial charge on any atom is 0.251 e. The van der Waals surface area contributed by atoms with Crippen molar-refractivity contribution in [2.24, 2.45) is 0 Å². The third-order valence-electron chi connectivity index (χ3n) is 3.16. The molecular weight excluding hydrogens is 214 g/mol. The third-order valence-corrected chi connectivity index (χ3v) is 3.16. The van der Waals surface area contributed by atoms with Gasteiger partial charge in [-0.05, 0) is 50.5 Å². The lowest BCUT2D eigenvalue weighted by Gasteiger charge is -2.21. The van der Waals surface area contributed by atoms with Crippen LogP contribution < -0.4 is 5.32 Å². The molecule has 0 aliphatic heterocycles. The Balaban J connectivity index is 2.68. The zero-order chi connectivity index (χ0) is 13.1. The molecule has 1 atom stereocenters. The fraction of sp³-hybridized carbons (Fsp3) is 0.500. The van der Waals surface area contributed by atoms with Gasteiger partial charge in [0.25, 0.3) is 5.91 Å². The van der Waals surface area contributed by atoms with Gasteiger partial charge in [-0.1, -0.05) is 13.0 Å². The van der Waals surface area contributed by atoms with Gasteiger partial charge in [0.2, 0.25) is 0 Å². The fourth-order valence-electron chi connectivity index (χ4n) is 1.38. The molecule has 0 saturated carbocycles. The molecule has 94 valence electrons. The van der Waals surface area contributed by atoms with Gasteiger partial charge in [-0.2, -0.15) is 0 Å². The summed E-state index contributed by atoms with van der Waals surface area (Å²) < 4.78 is 0. The second-order valence-corrected chi connectivity index (χ2v) is 4.83. The predicted octanol–water partition coefficient (Wildman–Crippen LogP) is 2.19. The maximum atomic E-state index is 11.8. The Hall–Kier alpha value is -1.35. The van der Waals surface area contributed by atoms with E-state index in [0.29, 0.717) is 12.0 Å².